The molecule has 176 valence electrons. The molecule has 0 aromatic heterocycles. The Kier molecular flexibility index (Phi) is 10.9. The molecule has 2 saturated heterocycles. The lowest BCUT2D eigenvalue weighted by atomic mass is 10.2. The summed E-state index contributed by atoms with van der Waals surface area (Å²) < 4.78 is 11.3. The molecule has 0 amide bonds. The standard InChI is InChI=1S/C22H36ClN5O2.HI/c1-16-13-27(14-17(2)30-16)10-5-9-25-22(24-3)26-19-8-11-28(15-19)20-12-18(23)6-7-21(20)29-4;/h6-7,12,16-17,19H,5,8-11,13-15H2,1-4H3,(H2,24,25,26);1H. The first-order valence-electron chi connectivity index (χ1n) is 10.9. The minimum atomic E-state index is 0. The second-order valence-electron chi connectivity index (χ2n) is 8.26. The number of halogens is 2. The Balaban J connectivity index is 0.00000341. The number of hydrogen-bond acceptors (Lipinski definition) is 5. The van der Waals surface area contributed by atoms with Crippen LogP contribution in [0.3, 0.4) is 0 Å². The monoisotopic (exact) mass is 565 g/mol. The summed E-state index contributed by atoms with van der Waals surface area (Å²) in [7, 11) is 3.52. The van der Waals surface area contributed by atoms with Crippen LogP contribution in [0.5, 0.6) is 5.75 Å². The molecule has 2 N–H and O–H groups in total. The topological polar surface area (TPSA) is 61.4 Å². The van der Waals surface area contributed by atoms with Crippen molar-refractivity contribution >= 4 is 47.2 Å². The number of ether oxygens (including phenoxy) is 2. The number of anilines is 1. The summed E-state index contributed by atoms with van der Waals surface area (Å²) in [5.41, 5.74) is 1.05. The fourth-order valence-corrected chi connectivity index (χ4v) is 4.54. The molecule has 2 aliphatic rings. The third kappa shape index (κ3) is 7.83. The Morgan fingerprint density at radius 1 is 1.26 bits per heavy atom. The van der Waals surface area contributed by atoms with Crippen molar-refractivity contribution in [2.75, 3.05) is 58.3 Å². The van der Waals surface area contributed by atoms with Crippen LogP contribution in [0.4, 0.5) is 5.69 Å². The summed E-state index contributed by atoms with van der Waals surface area (Å²) in [6, 6.07) is 6.10. The molecule has 2 heterocycles. The summed E-state index contributed by atoms with van der Waals surface area (Å²) in [6.45, 7) is 10.2. The Hall–Kier alpha value is -0.970. The maximum atomic E-state index is 6.20. The molecule has 1 aromatic carbocycles. The Morgan fingerprint density at radius 2 is 2.00 bits per heavy atom. The third-order valence-corrected chi connectivity index (χ3v) is 5.91. The van der Waals surface area contributed by atoms with Gasteiger partial charge in [0.15, 0.2) is 5.96 Å². The molecular weight excluding hydrogens is 529 g/mol. The maximum Gasteiger partial charge on any atom is 0.191 e. The van der Waals surface area contributed by atoms with Crippen molar-refractivity contribution in [1.29, 1.82) is 0 Å². The zero-order valence-corrected chi connectivity index (χ0v) is 22.2. The van der Waals surface area contributed by atoms with E-state index < -0.39 is 0 Å². The van der Waals surface area contributed by atoms with Crippen LogP contribution in [-0.4, -0.2) is 82.5 Å². The zero-order chi connectivity index (χ0) is 21.5. The lowest BCUT2D eigenvalue weighted by Gasteiger charge is -2.35. The van der Waals surface area contributed by atoms with E-state index in [9.17, 15) is 0 Å². The van der Waals surface area contributed by atoms with Gasteiger partial charge in [-0.05, 0) is 44.9 Å². The van der Waals surface area contributed by atoms with Crippen LogP contribution in [0.1, 0.15) is 26.7 Å². The van der Waals surface area contributed by atoms with Crippen LogP contribution in [0.15, 0.2) is 23.2 Å². The van der Waals surface area contributed by atoms with Crippen molar-refractivity contribution in [1.82, 2.24) is 15.5 Å². The van der Waals surface area contributed by atoms with Gasteiger partial charge in [0.2, 0.25) is 0 Å². The van der Waals surface area contributed by atoms with Crippen molar-refractivity contribution in [3.8, 4) is 5.75 Å². The molecule has 2 aliphatic heterocycles. The van der Waals surface area contributed by atoms with Crippen molar-refractivity contribution in [3.05, 3.63) is 23.2 Å². The highest BCUT2D eigenvalue weighted by atomic mass is 127. The lowest BCUT2D eigenvalue weighted by molar-refractivity contribution is -0.0679. The van der Waals surface area contributed by atoms with E-state index in [1.54, 1.807) is 7.11 Å². The molecule has 0 saturated carbocycles. The first kappa shape index (κ1) is 26.3. The van der Waals surface area contributed by atoms with E-state index >= 15 is 0 Å². The van der Waals surface area contributed by atoms with Crippen LogP contribution >= 0.6 is 35.6 Å². The molecule has 7 nitrogen and oxygen atoms in total. The van der Waals surface area contributed by atoms with Crippen molar-refractivity contribution in [3.63, 3.8) is 0 Å². The Labute approximate surface area is 208 Å². The van der Waals surface area contributed by atoms with Gasteiger partial charge in [-0.15, -0.1) is 24.0 Å². The van der Waals surface area contributed by atoms with Gasteiger partial charge >= 0.3 is 0 Å². The van der Waals surface area contributed by atoms with E-state index in [0.717, 1.165) is 74.5 Å². The first-order chi connectivity index (χ1) is 14.5. The van der Waals surface area contributed by atoms with E-state index in [-0.39, 0.29) is 24.0 Å². The quantitative estimate of drug-likeness (QED) is 0.229. The van der Waals surface area contributed by atoms with Gasteiger partial charge in [0.25, 0.3) is 0 Å². The molecule has 1 aromatic rings. The summed E-state index contributed by atoms with van der Waals surface area (Å²) in [4.78, 5) is 9.21. The zero-order valence-electron chi connectivity index (χ0n) is 19.1. The predicted octanol–water partition coefficient (Wildman–Crippen LogP) is 3.21. The molecule has 0 bridgehead atoms. The third-order valence-electron chi connectivity index (χ3n) is 5.67. The van der Waals surface area contributed by atoms with Gasteiger partial charge < -0.3 is 25.0 Å². The number of morpholine rings is 1. The number of methoxy groups -OCH3 is 1. The average Bonchev–Trinajstić information content (AvgIpc) is 3.18. The summed E-state index contributed by atoms with van der Waals surface area (Å²) in [6.07, 6.45) is 2.76. The molecule has 3 unspecified atom stereocenters. The maximum absolute atomic E-state index is 6.20. The van der Waals surface area contributed by atoms with E-state index in [1.807, 2.05) is 25.2 Å². The number of benzene rings is 1. The highest BCUT2D eigenvalue weighted by Gasteiger charge is 2.26. The first-order valence-corrected chi connectivity index (χ1v) is 11.3. The second-order valence-corrected chi connectivity index (χ2v) is 8.70. The molecule has 31 heavy (non-hydrogen) atoms. The van der Waals surface area contributed by atoms with Crippen LogP contribution in [0, 0.1) is 0 Å². The van der Waals surface area contributed by atoms with Gasteiger partial charge in [-0.2, -0.15) is 0 Å². The molecule has 0 aliphatic carbocycles. The SMILES string of the molecule is CN=C(NCCCN1CC(C)OC(C)C1)NC1CCN(c2cc(Cl)ccc2OC)C1.I. The number of rotatable bonds is 7. The van der Waals surface area contributed by atoms with Gasteiger partial charge in [0.1, 0.15) is 5.75 Å². The molecule has 2 fully saturated rings. The normalized spacial score (nSPS) is 24.6. The van der Waals surface area contributed by atoms with E-state index in [1.165, 1.54) is 0 Å². The summed E-state index contributed by atoms with van der Waals surface area (Å²) in [5.74, 6) is 1.72. The van der Waals surface area contributed by atoms with E-state index in [4.69, 9.17) is 21.1 Å². The highest BCUT2D eigenvalue weighted by molar-refractivity contribution is 14.0. The smallest absolute Gasteiger partial charge is 0.191 e. The largest absolute Gasteiger partial charge is 0.495 e. The fourth-order valence-electron chi connectivity index (χ4n) is 4.37. The predicted molar refractivity (Wildman–Crippen MR) is 140 cm³/mol. The molecule has 3 rings (SSSR count). The van der Waals surface area contributed by atoms with Gasteiger partial charge in [-0.1, -0.05) is 11.6 Å². The number of hydrogen-bond donors (Lipinski definition) is 2. The summed E-state index contributed by atoms with van der Waals surface area (Å²) >= 11 is 6.20. The highest BCUT2D eigenvalue weighted by Crippen LogP contribution is 2.33. The number of nitrogens with one attached hydrogen (secondary N) is 2. The molecule has 0 radical (unpaired) electrons. The van der Waals surface area contributed by atoms with Gasteiger partial charge in [-0.3, -0.25) is 9.89 Å². The fraction of sp³-hybridized carbons (Fsp3) is 0.682. The number of aliphatic imine (C=N–C) groups is 1. The Bertz CT molecular complexity index is 713. The minimum Gasteiger partial charge on any atom is -0.495 e. The van der Waals surface area contributed by atoms with Crippen molar-refractivity contribution in [2.45, 2.75) is 44.9 Å². The molecular formula is C22H37ClIN5O2. The van der Waals surface area contributed by atoms with Gasteiger partial charge in [-0.25, -0.2) is 0 Å². The van der Waals surface area contributed by atoms with Crippen LogP contribution in [0.2, 0.25) is 5.02 Å². The van der Waals surface area contributed by atoms with Gasteiger partial charge in [0, 0.05) is 57.4 Å². The second kappa shape index (κ2) is 12.9. The molecule has 0 spiro atoms. The van der Waals surface area contributed by atoms with Crippen LogP contribution < -0.4 is 20.3 Å². The van der Waals surface area contributed by atoms with Crippen LogP contribution in [-0.2, 0) is 4.74 Å². The lowest BCUT2D eigenvalue weighted by Crippen LogP contribution is -2.47. The van der Waals surface area contributed by atoms with Crippen LogP contribution in [0.25, 0.3) is 0 Å². The Morgan fingerprint density at radius 3 is 2.68 bits per heavy atom. The average molecular weight is 566 g/mol. The molecule has 3 atom stereocenters. The number of guanidine groups is 1. The van der Waals surface area contributed by atoms with Crippen molar-refractivity contribution in [2.24, 2.45) is 4.99 Å². The van der Waals surface area contributed by atoms with Crippen molar-refractivity contribution < 1.29 is 9.47 Å². The van der Waals surface area contributed by atoms with Gasteiger partial charge in [0.05, 0.1) is 25.0 Å². The summed E-state index contributed by atoms with van der Waals surface area (Å²) in [5, 5.41) is 7.75. The minimum absolute atomic E-state index is 0. The number of nitrogens with zero attached hydrogens (tertiary/aromatic N) is 3. The van der Waals surface area contributed by atoms with E-state index in [2.05, 4.69) is 39.3 Å². The van der Waals surface area contributed by atoms with E-state index in [0.29, 0.717) is 18.2 Å². The molecule has 9 heteroatoms.